The van der Waals surface area contributed by atoms with E-state index >= 15 is 0 Å². The Bertz CT molecular complexity index is 1210. The van der Waals surface area contributed by atoms with Crippen molar-refractivity contribution < 1.29 is 9.53 Å². The number of fused-ring (bicyclic) bond motifs is 1. The van der Waals surface area contributed by atoms with Crippen LogP contribution in [-0.2, 0) is 4.79 Å². The van der Waals surface area contributed by atoms with E-state index in [0.717, 1.165) is 50.6 Å². The van der Waals surface area contributed by atoms with E-state index in [4.69, 9.17) is 4.74 Å². The van der Waals surface area contributed by atoms with Gasteiger partial charge in [0.1, 0.15) is 11.5 Å². The number of allylic oxidation sites excluding steroid dienone is 1. The third-order valence-corrected chi connectivity index (χ3v) is 6.65. The summed E-state index contributed by atoms with van der Waals surface area (Å²) in [7, 11) is 0. The molecule has 0 spiro atoms. The Labute approximate surface area is 196 Å². The van der Waals surface area contributed by atoms with E-state index in [-0.39, 0.29) is 17.2 Å². The van der Waals surface area contributed by atoms with Crippen LogP contribution in [0.4, 0.5) is 11.4 Å². The molecule has 1 heterocycles. The first-order valence-corrected chi connectivity index (χ1v) is 11.6. The average molecular weight is 489 g/mol. The van der Waals surface area contributed by atoms with Crippen LogP contribution in [0, 0.1) is 5.41 Å². The lowest BCUT2D eigenvalue weighted by atomic mass is 9.73. The Hall–Kier alpha value is -3.05. The van der Waals surface area contributed by atoms with Gasteiger partial charge in [0, 0.05) is 17.7 Å². The second-order valence-electron chi connectivity index (χ2n) is 9.18. The van der Waals surface area contributed by atoms with Crippen molar-refractivity contribution in [1.82, 2.24) is 0 Å². The van der Waals surface area contributed by atoms with Gasteiger partial charge in [0.05, 0.1) is 21.9 Å². The van der Waals surface area contributed by atoms with Crippen molar-refractivity contribution in [1.29, 1.82) is 0 Å². The van der Waals surface area contributed by atoms with Crippen molar-refractivity contribution in [2.75, 3.05) is 10.6 Å². The zero-order valence-electron chi connectivity index (χ0n) is 18.1. The van der Waals surface area contributed by atoms with Crippen molar-refractivity contribution in [3.05, 3.63) is 94.1 Å². The highest BCUT2D eigenvalue weighted by molar-refractivity contribution is 9.10. The van der Waals surface area contributed by atoms with Crippen molar-refractivity contribution in [3.8, 4) is 11.5 Å². The molecule has 4 nitrogen and oxygen atoms in total. The summed E-state index contributed by atoms with van der Waals surface area (Å²) < 4.78 is 6.93. The van der Waals surface area contributed by atoms with E-state index < -0.39 is 0 Å². The minimum absolute atomic E-state index is 0.0620. The van der Waals surface area contributed by atoms with Gasteiger partial charge in [0.2, 0.25) is 0 Å². The zero-order valence-corrected chi connectivity index (χ0v) is 19.7. The normalized spacial score (nSPS) is 19.2. The lowest BCUT2D eigenvalue weighted by molar-refractivity contribution is -0.118. The number of nitrogens with one attached hydrogen (secondary N) is 2. The predicted molar refractivity (Wildman–Crippen MR) is 132 cm³/mol. The molecule has 0 saturated carbocycles. The molecule has 5 heteroatoms. The molecule has 0 aromatic heterocycles. The number of benzene rings is 3. The van der Waals surface area contributed by atoms with Gasteiger partial charge in [-0.25, -0.2) is 0 Å². The molecular weight excluding hydrogens is 464 g/mol. The molecular formula is C27H25BrN2O2. The van der Waals surface area contributed by atoms with Gasteiger partial charge in [0.25, 0.3) is 0 Å². The summed E-state index contributed by atoms with van der Waals surface area (Å²) in [6.45, 7) is 4.31. The Balaban J connectivity index is 1.52. The summed E-state index contributed by atoms with van der Waals surface area (Å²) in [5.41, 5.74) is 4.81. The molecule has 1 aliphatic carbocycles. The molecule has 2 N–H and O–H groups in total. The third kappa shape index (κ3) is 4.05. The molecule has 1 atom stereocenters. The van der Waals surface area contributed by atoms with Crippen LogP contribution in [0.1, 0.15) is 38.3 Å². The summed E-state index contributed by atoms with van der Waals surface area (Å²) in [5, 5.41) is 7.19. The van der Waals surface area contributed by atoms with Crippen molar-refractivity contribution in [2.45, 2.75) is 32.7 Å². The smallest absolute Gasteiger partial charge is 0.163 e. The SMILES string of the molecule is CC1(C)CC(=O)C2=C(C1)Nc1ccccc1NC2c1ccc(Oc2ccccc2Br)cc1. The molecule has 32 heavy (non-hydrogen) atoms. The number of hydrogen-bond acceptors (Lipinski definition) is 4. The van der Waals surface area contributed by atoms with Crippen LogP contribution in [-0.4, -0.2) is 5.78 Å². The Morgan fingerprint density at radius 2 is 1.59 bits per heavy atom. The number of ketones is 1. The van der Waals surface area contributed by atoms with Gasteiger partial charge >= 0.3 is 0 Å². The number of rotatable bonds is 3. The van der Waals surface area contributed by atoms with E-state index in [2.05, 4.69) is 46.5 Å². The third-order valence-electron chi connectivity index (χ3n) is 6.00. The number of carbonyl (C=O) groups excluding carboxylic acids is 1. The summed E-state index contributed by atoms with van der Waals surface area (Å²) in [6.07, 6.45) is 1.38. The van der Waals surface area contributed by atoms with E-state index in [1.807, 2.05) is 66.7 Å². The quantitative estimate of drug-likeness (QED) is 0.401. The van der Waals surface area contributed by atoms with Crippen molar-refractivity contribution in [2.24, 2.45) is 5.41 Å². The molecule has 2 aliphatic rings. The fourth-order valence-corrected chi connectivity index (χ4v) is 4.89. The highest BCUT2D eigenvalue weighted by atomic mass is 79.9. The van der Waals surface area contributed by atoms with Gasteiger partial charge in [-0.15, -0.1) is 0 Å². The lowest BCUT2D eigenvalue weighted by Gasteiger charge is -2.34. The fourth-order valence-electron chi connectivity index (χ4n) is 4.52. The number of anilines is 2. The summed E-state index contributed by atoms with van der Waals surface area (Å²) in [5.74, 6) is 1.71. The minimum atomic E-state index is -0.220. The number of para-hydroxylation sites is 3. The molecule has 3 aromatic carbocycles. The Morgan fingerprint density at radius 1 is 0.906 bits per heavy atom. The van der Waals surface area contributed by atoms with Crippen LogP contribution in [0.3, 0.4) is 0 Å². The molecule has 0 fully saturated rings. The number of halogens is 1. The Kier molecular flexibility index (Phi) is 5.30. The highest BCUT2D eigenvalue weighted by Crippen LogP contribution is 2.45. The topological polar surface area (TPSA) is 50.4 Å². The van der Waals surface area contributed by atoms with Crippen LogP contribution < -0.4 is 15.4 Å². The molecule has 0 amide bonds. The molecule has 0 saturated heterocycles. The van der Waals surface area contributed by atoms with Gasteiger partial charge in [0.15, 0.2) is 5.78 Å². The molecule has 162 valence electrons. The summed E-state index contributed by atoms with van der Waals surface area (Å²) in [6, 6.07) is 23.7. The molecule has 1 aliphatic heterocycles. The maximum atomic E-state index is 13.3. The largest absolute Gasteiger partial charge is 0.456 e. The fraction of sp³-hybridized carbons (Fsp3) is 0.222. The standard InChI is InChI=1S/C27H25BrN2O2/c1-27(2)15-22-25(23(31)16-27)26(30-21-9-5-4-8-20(21)29-22)17-11-13-18(14-12-17)32-24-10-6-3-7-19(24)28/h3-14,26,29-30H,15-16H2,1-2H3. The number of hydrogen-bond donors (Lipinski definition) is 2. The number of carbonyl (C=O) groups is 1. The van der Waals surface area contributed by atoms with Crippen LogP contribution in [0.5, 0.6) is 11.5 Å². The van der Waals surface area contributed by atoms with E-state index in [1.54, 1.807) is 0 Å². The van der Waals surface area contributed by atoms with E-state index in [0.29, 0.717) is 6.42 Å². The molecule has 5 rings (SSSR count). The number of ether oxygens (including phenoxy) is 1. The van der Waals surface area contributed by atoms with Gasteiger partial charge in [-0.1, -0.05) is 50.2 Å². The average Bonchev–Trinajstić information content (AvgIpc) is 2.91. The van der Waals surface area contributed by atoms with Gasteiger partial charge in [-0.05, 0) is 69.7 Å². The highest BCUT2D eigenvalue weighted by Gasteiger charge is 2.38. The van der Waals surface area contributed by atoms with Crippen molar-refractivity contribution >= 4 is 33.1 Å². The van der Waals surface area contributed by atoms with E-state index in [1.165, 1.54) is 0 Å². The van der Waals surface area contributed by atoms with Gasteiger partial charge in [-0.3, -0.25) is 4.79 Å². The lowest BCUT2D eigenvalue weighted by Crippen LogP contribution is -2.31. The summed E-state index contributed by atoms with van der Waals surface area (Å²) in [4.78, 5) is 13.3. The zero-order chi connectivity index (χ0) is 22.3. The first-order valence-electron chi connectivity index (χ1n) is 10.8. The van der Waals surface area contributed by atoms with Crippen LogP contribution in [0.15, 0.2) is 88.5 Å². The summed E-state index contributed by atoms with van der Waals surface area (Å²) >= 11 is 3.52. The predicted octanol–water partition coefficient (Wildman–Crippen LogP) is 7.46. The maximum Gasteiger partial charge on any atom is 0.163 e. The van der Waals surface area contributed by atoms with E-state index in [9.17, 15) is 4.79 Å². The van der Waals surface area contributed by atoms with Gasteiger partial charge in [-0.2, -0.15) is 0 Å². The molecule has 1 unspecified atom stereocenters. The molecule has 0 radical (unpaired) electrons. The minimum Gasteiger partial charge on any atom is -0.456 e. The maximum absolute atomic E-state index is 13.3. The molecule has 0 bridgehead atoms. The van der Waals surface area contributed by atoms with Crippen LogP contribution in [0.2, 0.25) is 0 Å². The van der Waals surface area contributed by atoms with Crippen molar-refractivity contribution in [3.63, 3.8) is 0 Å². The van der Waals surface area contributed by atoms with Crippen LogP contribution in [0.25, 0.3) is 0 Å². The second kappa shape index (κ2) is 8.14. The number of Topliss-reactive ketones (excluding diaryl/α,β-unsaturated/α-hetero) is 1. The van der Waals surface area contributed by atoms with Gasteiger partial charge < -0.3 is 15.4 Å². The Morgan fingerprint density at radius 3 is 2.34 bits per heavy atom. The van der Waals surface area contributed by atoms with Crippen LogP contribution >= 0.6 is 15.9 Å². The first-order chi connectivity index (χ1) is 15.4. The monoisotopic (exact) mass is 488 g/mol. The first kappa shape index (κ1) is 20.8. The molecule has 3 aromatic rings. The second-order valence-corrected chi connectivity index (χ2v) is 10.0.